The van der Waals surface area contributed by atoms with Crippen molar-refractivity contribution in [3.05, 3.63) is 36.0 Å². The molecule has 0 bridgehead atoms. The first-order chi connectivity index (χ1) is 9.92. The summed E-state index contributed by atoms with van der Waals surface area (Å²) in [6.45, 7) is 2.46. The minimum absolute atomic E-state index is 0.0863. The molecular formula is C16H18N2O3. The third-order valence-corrected chi connectivity index (χ3v) is 4.44. The maximum atomic E-state index is 12.7. The molecule has 1 atom stereocenters. The van der Waals surface area contributed by atoms with Gasteiger partial charge >= 0.3 is 5.97 Å². The average molecular weight is 286 g/mol. The molecule has 1 aromatic carbocycles. The minimum Gasteiger partial charge on any atom is -0.481 e. The van der Waals surface area contributed by atoms with Crippen LogP contribution in [0.3, 0.4) is 0 Å². The van der Waals surface area contributed by atoms with Gasteiger partial charge in [0.2, 0.25) is 0 Å². The van der Waals surface area contributed by atoms with E-state index in [1.807, 2.05) is 36.0 Å². The number of aromatic nitrogens is 1. The Balaban J connectivity index is 1.94. The molecule has 1 aliphatic heterocycles. The van der Waals surface area contributed by atoms with Crippen LogP contribution in [0.4, 0.5) is 0 Å². The van der Waals surface area contributed by atoms with Gasteiger partial charge in [-0.2, -0.15) is 0 Å². The van der Waals surface area contributed by atoms with Gasteiger partial charge in [-0.05, 0) is 31.5 Å². The van der Waals surface area contributed by atoms with Crippen LogP contribution in [-0.4, -0.2) is 39.5 Å². The summed E-state index contributed by atoms with van der Waals surface area (Å²) in [4.78, 5) is 25.7. The summed E-state index contributed by atoms with van der Waals surface area (Å²) < 4.78 is 1.97. The van der Waals surface area contributed by atoms with Crippen molar-refractivity contribution in [2.45, 2.75) is 13.3 Å². The van der Waals surface area contributed by atoms with E-state index in [1.165, 1.54) is 0 Å². The molecule has 21 heavy (non-hydrogen) atoms. The number of carboxylic acid groups (broad SMARTS) is 1. The van der Waals surface area contributed by atoms with Gasteiger partial charge in [0.25, 0.3) is 5.91 Å². The number of amides is 1. The second-order valence-electron chi connectivity index (χ2n) is 6.01. The van der Waals surface area contributed by atoms with Crippen LogP contribution in [-0.2, 0) is 11.8 Å². The van der Waals surface area contributed by atoms with Crippen molar-refractivity contribution in [2.75, 3.05) is 13.1 Å². The lowest BCUT2D eigenvalue weighted by atomic mass is 9.90. The maximum Gasteiger partial charge on any atom is 0.311 e. The molecule has 1 N–H and O–H groups in total. The fraction of sp³-hybridized carbons (Fsp3) is 0.375. The highest BCUT2D eigenvalue weighted by molar-refractivity contribution is 6.06. The highest BCUT2D eigenvalue weighted by Crippen LogP contribution is 2.32. The van der Waals surface area contributed by atoms with Crippen molar-refractivity contribution in [3.8, 4) is 0 Å². The number of aliphatic carboxylic acids is 1. The number of carboxylic acids is 1. The number of benzene rings is 1. The monoisotopic (exact) mass is 286 g/mol. The zero-order valence-corrected chi connectivity index (χ0v) is 12.2. The van der Waals surface area contributed by atoms with E-state index < -0.39 is 11.4 Å². The highest BCUT2D eigenvalue weighted by atomic mass is 16.4. The van der Waals surface area contributed by atoms with E-state index in [2.05, 4.69) is 0 Å². The molecule has 2 heterocycles. The molecule has 110 valence electrons. The number of rotatable bonds is 2. The van der Waals surface area contributed by atoms with Crippen LogP contribution in [0.15, 0.2) is 30.5 Å². The molecule has 5 nitrogen and oxygen atoms in total. The summed E-state index contributed by atoms with van der Waals surface area (Å²) in [7, 11) is 1.94. The smallest absolute Gasteiger partial charge is 0.311 e. The number of carbonyl (C=O) groups is 2. The van der Waals surface area contributed by atoms with Gasteiger partial charge < -0.3 is 14.6 Å². The Morgan fingerprint density at radius 3 is 2.71 bits per heavy atom. The molecule has 0 unspecified atom stereocenters. The number of carbonyl (C=O) groups excluding carboxylic acids is 1. The zero-order chi connectivity index (χ0) is 15.2. The average Bonchev–Trinajstić information content (AvgIpc) is 3.03. The molecule has 1 aliphatic rings. The van der Waals surface area contributed by atoms with Gasteiger partial charge in [0.05, 0.1) is 5.41 Å². The lowest BCUT2D eigenvalue weighted by Crippen LogP contribution is -2.34. The predicted molar refractivity (Wildman–Crippen MR) is 79.2 cm³/mol. The Morgan fingerprint density at radius 2 is 2.05 bits per heavy atom. The van der Waals surface area contributed by atoms with E-state index in [4.69, 9.17) is 0 Å². The fourth-order valence-corrected chi connectivity index (χ4v) is 2.97. The first-order valence-corrected chi connectivity index (χ1v) is 6.99. The van der Waals surface area contributed by atoms with E-state index in [-0.39, 0.29) is 12.5 Å². The molecule has 0 radical (unpaired) electrons. The van der Waals surface area contributed by atoms with Crippen molar-refractivity contribution in [3.63, 3.8) is 0 Å². The lowest BCUT2D eigenvalue weighted by molar-refractivity contribution is -0.147. The number of likely N-dealkylation sites (tertiary alicyclic amines) is 1. The van der Waals surface area contributed by atoms with Gasteiger partial charge in [0, 0.05) is 42.8 Å². The van der Waals surface area contributed by atoms with Crippen LogP contribution < -0.4 is 0 Å². The van der Waals surface area contributed by atoms with E-state index in [0.717, 1.165) is 10.9 Å². The van der Waals surface area contributed by atoms with Gasteiger partial charge in [-0.3, -0.25) is 9.59 Å². The molecule has 1 amide bonds. The summed E-state index contributed by atoms with van der Waals surface area (Å²) in [5.74, 6) is -0.924. The maximum absolute atomic E-state index is 12.7. The number of hydrogen-bond acceptors (Lipinski definition) is 2. The quantitative estimate of drug-likeness (QED) is 0.919. The molecule has 0 spiro atoms. The SMILES string of the molecule is Cn1ccc2c(C(=O)N3CC[C@@](C)(C(=O)O)C3)cccc21. The third-order valence-electron chi connectivity index (χ3n) is 4.44. The predicted octanol–water partition coefficient (Wildman–Crippen LogP) is 2.12. The minimum atomic E-state index is -0.837. The normalized spacial score (nSPS) is 21.9. The Kier molecular flexibility index (Phi) is 3.01. The van der Waals surface area contributed by atoms with Crippen molar-refractivity contribution in [1.82, 2.24) is 9.47 Å². The standard InChI is InChI=1S/C16H18N2O3/c1-16(15(20)21)7-9-18(10-16)14(19)12-4-3-5-13-11(12)6-8-17(13)2/h3-6,8H,7,9-10H2,1-2H3,(H,20,21)/t16-/m1/s1. The van der Waals surface area contributed by atoms with Crippen LogP contribution in [0, 0.1) is 5.41 Å². The summed E-state index contributed by atoms with van der Waals surface area (Å²) in [5.41, 5.74) is 0.809. The van der Waals surface area contributed by atoms with Crippen molar-refractivity contribution in [2.24, 2.45) is 12.5 Å². The summed E-state index contributed by atoms with van der Waals surface area (Å²) in [6, 6.07) is 7.57. The number of nitrogens with zero attached hydrogens (tertiary/aromatic N) is 2. The van der Waals surface area contributed by atoms with Gasteiger partial charge in [-0.15, -0.1) is 0 Å². The van der Waals surface area contributed by atoms with Crippen molar-refractivity contribution in [1.29, 1.82) is 0 Å². The van der Waals surface area contributed by atoms with Gasteiger partial charge in [-0.25, -0.2) is 0 Å². The molecular weight excluding hydrogens is 268 g/mol. The molecule has 2 aromatic rings. The van der Waals surface area contributed by atoms with Crippen LogP contribution >= 0.6 is 0 Å². The molecule has 1 fully saturated rings. The largest absolute Gasteiger partial charge is 0.481 e. The Bertz CT molecular complexity index is 734. The van der Waals surface area contributed by atoms with Crippen LogP contribution in [0.1, 0.15) is 23.7 Å². The van der Waals surface area contributed by atoms with Gasteiger partial charge in [0.1, 0.15) is 0 Å². The Morgan fingerprint density at radius 1 is 1.29 bits per heavy atom. The van der Waals surface area contributed by atoms with Crippen LogP contribution in [0.5, 0.6) is 0 Å². The first kappa shape index (κ1) is 13.7. The Hall–Kier alpha value is -2.30. The van der Waals surface area contributed by atoms with E-state index >= 15 is 0 Å². The Labute approximate surface area is 122 Å². The first-order valence-electron chi connectivity index (χ1n) is 6.99. The highest BCUT2D eigenvalue weighted by Gasteiger charge is 2.42. The van der Waals surface area contributed by atoms with Crippen LogP contribution in [0.25, 0.3) is 10.9 Å². The van der Waals surface area contributed by atoms with E-state index in [0.29, 0.717) is 18.5 Å². The number of hydrogen-bond donors (Lipinski definition) is 1. The zero-order valence-electron chi connectivity index (χ0n) is 12.2. The topological polar surface area (TPSA) is 62.5 Å². The van der Waals surface area contributed by atoms with E-state index in [1.54, 1.807) is 17.9 Å². The fourth-order valence-electron chi connectivity index (χ4n) is 2.97. The van der Waals surface area contributed by atoms with Crippen molar-refractivity contribution >= 4 is 22.8 Å². The second kappa shape index (κ2) is 4.62. The van der Waals surface area contributed by atoms with Gasteiger partial charge in [0.15, 0.2) is 0 Å². The third kappa shape index (κ3) is 2.09. The molecule has 1 aromatic heterocycles. The summed E-state index contributed by atoms with van der Waals surface area (Å²) in [5, 5.41) is 10.2. The number of fused-ring (bicyclic) bond motifs is 1. The molecule has 5 heteroatoms. The van der Waals surface area contributed by atoms with Crippen LogP contribution in [0.2, 0.25) is 0 Å². The van der Waals surface area contributed by atoms with E-state index in [9.17, 15) is 14.7 Å². The van der Waals surface area contributed by atoms with Gasteiger partial charge in [-0.1, -0.05) is 6.07 Å². The second-order valence-corrected chi connectivity index (χ2v) is 6.01. The molecule has 0 aliphatic carbocycles. The van der Waals surface area contributed by atoms with Crippen molar-refractivity contribution < 1.29 is 14.7 Å². The summed E-state index contributed by atoms with van der Waals surface area (Å²) in [6.07, 6.45) is 2.42. The molecule has 1 saturated heterocycles. The lowest BCUT2D eigenvalue weighted by Gasteiger charge is -2.20. The molecule has 3 rings (SSSR count). The summed E-state index contributed by atoms with van der Waals surface area (Å²) >= 11 is 0. The molecule has 0 saturated carbocycles. The number of aryl methyl sites for hydroxylation is 1.